The highest BCUT2D eigenvalue weighted by molar-refractivity contribution is 5.97. The number of rotatable bonds is 4. The normalized spacial score (nSPS) is 10.4. The minimum atomic E-state index is -0.648. The van der Waals surface area contributed by atoms with Gasteiger partial charge < -0.3 is 14.6 Å². The minimum absolute atomic E-state index is 0.0344. The number of carbonyl (C=O) groups excluding carboxylic acids is 1. The van der Waals surface area contributed by atoms with E-state index in [0.29, 0.717) is 12.5 Å². The average molecular weight is 263 g/mol. The van der Waals surface area contributed by atoms with Gasteiger partial charge in [0.2, 0.25) is 5.88 Å². The fourth-order valence-corrected chi connectivity index (χ4v) is 1.51. The molecule has 0 fully saturated rings. The molecule has 7 nitrogen and oxygen atoms in total. The van der Waals surface area contributed by atoms with Crippen molar-refractivity contribution in [2.24, 2.45) is 0 Å². The van der Waals surface area contributed by atoms with Gasteiger partial charge in [0.25, 0.3) is 0 Å². The highest BCUT2D eigenvalue weighted by Crippen LogP contribution is 2.25. The first kappa shape index (κ1) is 13.0. The molecule has 0 aliphatic carbocycles. The lowest BCUT2D eigenvalue weighted by Gasteiger charge is -2.06. The van der Waals surface area contributed by atoms with E-state index < -0.39 is 5.97 Å². The molecular weight excluding hydrogens is 250 g/mol. The summed E-state index contributed by atoms with van der Waals surface area (Å²) < 4.78 is 9.99. The lowest BCUT2D eigenvalue weighted by atomic mass is 10.2. The van der Waals surface area contributed by atoms with Crippen molar-refractivity contribution in [1.29, 1.82) is 0 Å². The van der Waals surface area contributed by atoms with E-state index in [2.05, 4.69) is 15.0 Å². The fraction of sp³-hybridized carbons (Fsp3) is 0.333. The second-order valence-corrected chi connectivity index (χ2v) is 3.55. The SMILES string of the molecule is CCOC(=O)c1cnc2nc(OCC)cnc2c1O. The van der Waals surface area contributed by atoms with E-state index in [1.165, 1.54) is 12.4 Å². The molecule has 0 aliphatic heterocycles. The van der Waals surface area contributed by atoms with Gasteiger partial charge >= 0.3 is 5.97 Å². The molecule has 7 heteroatoms. The molecule has 19 heavy (non-hydrogen) atoms. The maximum Gasteiger partial charge on any atom is 0.343 e. The summed E-state index contributed by atoms with van der Waals surface area (Å²) in [7, 11) is 0. The monoisotopic (exact) mass is 263 g/mol. The maximum absolute atomic E-state index is 11.6. The topological polar surface area (TPSA) is 94.4 Å². The molecule has 2 aromatic heterocycles. The predicted molar refractivity (Wildman–Crippen MR) is 66.1 cm³/mol. The van der Waals surface area contributed by atoms with Gasteiger partial charge in [0.15, 0.2) is 16.9 Å². The van der Waals surface area contributed by atoms with Crippen LogP contribution >= 0.6 is 0 Å². The largest absolute Gasteiger partial charge is 0.505 e. The summed E-state index contributed by atoms with van der Waals surface area (Å²) in [5.74, 6) is -0.630. The van der Waals surface area contributed by atoms with E-state index >= 15 is 0 Å². The van der Waals surface area contributed by atoms with Crippen molar-refractivity contribution < 1.29 is 19.4 Å². The van der Waals surface area contributed by atoms with Gasteiger partial charge in [-0.3, -0.25) is 0 Å². The molecular formula is C12H13N3O4. The summed E-state index contributed by atoms with van der Waals surface area (Å²) in [6.07, 6.45) is 2.57. The van der Waals surface area contributed by atoms with Gasteiger partial charge in [-0.15, -0.1) is 0 Å². The molecule has 0 atom stereocenters. The molecule has 2 aromatic rings. The van der Waals surface area contributed by atoms with Crippen LogP contribution < -0.4 is 4.74 Å². The summed E-state index contributed by atoms with van der Waals surface area (Å²) in [5, 5.41) is 9.98. The first-order chi connectivity index (χ1) is 9.17. The van der Waals surface area contributed by atoms with Crippen LogP contribution in [0.1, 0.15) is 24.2 Å². The maximum atomic E-state index is 11.6. The van der Waals surface area contributed by atoms with Gasteiger partial charge in [-0.05, 0) is 13.8 Å². The van der Waals surface area contributed by atoms with Crippen LogP contribution in [0.2, 0.25) is 0 Å². The first-order valence-electron chi connectivity index (χ1n) is 5.82. The third-order valence-electron chi connectivity index (χ3n) is 2.31. The predicted octanol–water partition coefficient (Wildman–Crippen LogP) is 1.31. The highest BCUT2D eigenvalue weighted by Gasteiger charge is 2.17. The molecule has 0 saturated carbocycles. The van der Waals surface area contributed by atoms with Gasteiger partial charge in [-0.1, -0.05) is 0 Å². The third kappa shape index (κ3) is 2.54. The number of aromatic nitrogens is 3. The summed E-state index contributed by atoms with van der Waals surface area (Å²) >= 11 is 0. The molecule has 100 valence electrons. The second kappa shape index (κ2) is 5.47. The third-order valence-corrected chi connectivity index (χ3v) is 2.31. The Morgan fingerprint density at radius 3 is 2.74 bits per heavy atom. The summed E-state index contributed by atoms with van der Waals surface area (Å²) in [6, 6.07) is 0. The fourth-order valence-electron chi connectivity index (χ4n) is 1.51. The zero-order valence-electron chi connectivity index (χ0n) is 10.6. The van der Waals surface area contributed by atoms with Crippen LogP contribution in [0.3, 0.4) is 0 Å². The Balaban J connectivity index is 2.47. The zero-order chi connectivity index (χ0) is 13.8. The Bertz CT molecular complexity index is 615. The summed E-state index contributed by atoms with van der Waals surface area (Å²) in [5.41, 5.74) is 0.304. The standard InChI is InChI=1S/C12H13N3O4/c1-3-18-8-6-13-9-10(16)7(12(17)19-4-2)5-14-11(9)15-8/h5-6H,3-4H2,1-2H3,(H,14,15,16). The number of hydrogen-bond donors (Lipinski definition) is 1. The number of nitrogens with zero attached hydrogens (tertiary/aromatic N) is 3. The van der Waals surface area contributed by atoms with E-state index in [-0.39, 0.29) is 29.1 Å². The van der Waals surface area contributed by atoms with Gasteiger partial charge in [0.05, 0.1) is 19.4 Å². The number of carbonyl (C=O) groups is 1. The number of hydrogen-bond acceptors (Lipinski definition) is 7. The van der Waals surface area contributed by atoms with Crippen LogP contribution in [0.4, 0.5) is 0 Å². The summed E-state index contributed by atoms with van der Waals surface area (Å²) in [4.78, 5) is 23.6. The molecule has 2 rings (SSSR count). The van der Waals surface area contributed by atoms with Crippen molar-refractivity contribution in [2.75, 3.05) is 13.2 Å². The molecule has 1 N–H and O–H groups in total. The molecule has 0 spiro atoms. The van der Waals surface area contributed by atoms with Gasteiger partial charge in [0.1, 0.15) is 5.56 Å². The van der Waals surface area contributed by atoms with Crippen LogP contribution in [-0.4, -0.2) is 39.2 Å². The van der Waals surface area contributed by atoms with Crippen molar-refractivity contribution in [2.45, 2.75) is 13.8 Å². The number of pyridine rings is 1. The first-order valence-corrected chi connectivity index (χ1v) is 5.82. The van der Waals surface area contributed by atoms with Crippen molar-refractivity contribution in [3.8, 4) is 11.6 Å². The lowest BCUT2D eigenvalue weighted by molar-refractivity contribution is 0.0523. The van der Waals surface area contributed by atoms with Gasteiger partial charge in [-0.2, -0.15) is 4.98 Å². The Hall–Kier alpha value is -2.44. The van der Waals surface area contributed by atoms with Crippen LogP contribution in [0.25, 0.3) is 11.2 Å². The molecule has 0 saturated heterocycles. The molecule has 0 unspecified atom stereocenters. The number of esters is 1. The van der Waals surface area contributed by atoms with Crippen molar-refractivity contribution in [3.63, 3.8) is 0 Å². The minimum Gasteiger partial charge on any atom is -0.505 e. The van der Waals surface area contributed by atoms with Crippen LogP contribution in [-0.2, 0) is 4.74 Å². The van der Waals surface area contributed by atoms with Crippen LogP contribution in [0.5, 0.6) is 11.6 Å². The quantitative estimate of drug-likeness (QED) is 0.831. The zero-order valence-corrected chi connectivity index (χ0v) is 10.6. The van der Waals surface area contributed by atoms with Crippen LogP contribution in [0, 0.1) is 0 Å². The summed E-state index contributed by atoms with van der Waals surface area (Å²) in [6.45, 7) is 4.16. The number of fused-ring (bicyclic) bond motifs is 1. The van der Waals surface area contributed by atoms with Crippen molar-refractivity contribution >= 4 is 17.1 Å². The van der Waals surface area contributed by atoms with E-state index in [0.717, 1.165) is 0 Å². The molecule has 0 bridgehead atoms. The highest BCUT2D eigenvalue weighted by atomic mass is 16.5. The smallest absolute Gasteiger partial charge is 0.343 e. The van der Waals surface area contributed by atoms with Gasteiger partial charge in [-0.25, -0.2) is 14.8 Å². The van der Waals surface area contributed by atoms with E-state index in [4.69, 9.17) is 9.47 Å². The molecule has 0 amide bonds. The average Bonchev–Trinajstić information content (AvgIpc) is 2.39. The van der Waals surface area contributed by atoms with Gasteiger partial charge in [0, 0.05) is 6.20 Å². The molecule has 0 aromatic carbocycles. The molecule has 0 aliphatic rings. The van der Waals surface area contributed by atoms with E-state index in [1.54, 1.807) is 6.92 Å². The lowest BCUT2D eigenvalue weighted by Crippen LogP contribution is -2.06. The second-order valence-electron chi connectivity index (χ2n) is 3.55. The Labute approximate surface area is 109 Å². The van der Waals surface area contributed by atoms with E-state index in [9.17, 15) is 9.90 Å². The molecule has 2 heterocycles. The Kier molecular flexibility index (Phi) is 3.74. The van der Waals surface area contributed by atoms with Crippen molar-refractivity contribution in [3.05, 3.63) is 18.0 Å². The Morgan fingerprint density at radius 2 is 2.05 bits per heavy atom. The van der Waals surface area contributed by atoms with Crippen molar-refractivity contribution in [1.82, 2.24) is 15.0 Å². The number of ether oxygens (including phenoxy) is 2. The molecule has 0 radical (unpaired) electrons. The Morgan fingerprint density at radius 1 is 1.26 bits per heavy atom. The number of aromatic hydroxyl groups is 1. The van der Waals surface area contributed by atoms with Crippen LogP contribution in [0.15, 0.2) is 12.4 Å². The van der Waals surface area contributed by atoms with E-state index in [1.807, 2.05) is 6.92 Å².